The molecule has 2 aromatic rings. The Kier molecular flexibility index (Phi) is 6.01. The van der Waals surface area contributed by atoms with Crippen molar-refractivity contribution in [3.8, 4) is 22.5 Å². The number of carboxylic acid groups (broad SMARTS) is 1. The second-order valence-corrected chi connectivity index (χ2v) is 10.3. The number of hydrazine groups is 1. The number of amides is 1. The minimum Gasteiger partial charge on any atom is -0.744 e. The standard InChI is InChI=1S/C21H16N4O10S2/c22-13-5-3-10-15(9-2-1-8(20(26)25-24)7-12(9)21(27)28)11-4-6-14(23)19(37(32,33)34)17(11)35-16(10)18(13)36(29,30)31/h1-7,22H,23-24H2,(H,25,26)(H,27,28)(H,29,30,31)(H,32,33,34). The summed E-state index contributed by atoms with van der Waals surface area (Å²) in [6, 6.07) is 8.00. The van der Waals surface area contributed by atoms with Gasteiger partial charge in [0, 0.05) is 28.1 Å². The first-order chi connectivity index (χ1) is 17.2. The van der Waals surface area contributed by atoms with Gasteiger partial charge in [-0.25, -0.2) is 19.1 Å². The predicted molar refractivity (Wildman–Crippen MR) is 124 cm³/mol. The maximum Gasteiger partial charge on any atom is 0.336 e. The molecule has 0 aromatic heterocycles. The molecule has 1 amide bonds. The van der Waals surface area contributed by atoms with E-state index < -0.39 is 69.9 Å². The van der Waals surface area contributed by atoms with Crippen molar-refractivity contribution in [1.29, 1.82) is 0 Å². The van der Waals surface area contributed by atoms with Crippen molar-refractivity contribution in [3.05, 3.63) is 58.9 Å². The van der Waals surface area contributed by atoms with Crippen molar-refractivity contribution >= 4 is 48.8 Å². The average Bonchev–Trinajstić information content (AvgIpc) is 2.79. The second kappa shape index (κ2) is 8.64. The van der Waals surface area contributed by atoms with Crippen LogP contribution in [0.5, 0.6) is 0 Å². The highest BCUT2D eigenvalue weighted by Gasteiger charge is 2.32. The number of nitrogens with two attached hydrogens (primary N) is 3. The van der Waals surface area contributed by atoms with Gasteiger partial charge in [-0.15, -0.1) is 0 Å². The highest BCUT2D eigenvalue weighted by atomic mass is 32.2. The third-order valence-corrected chi connectivity index (χ3v) is 7.31. The first kappa shape index (κ1) is 25.7. The minimum atomic E-state index is -5.33. The lowest BCUT2D eigenvalue weighted by Gasteiger charge is -2.21. The topological polar surface area (TPSA) is 269 Å². The molecule has 0 fully saturated rings. The van der Waals surface area contributed by atoms with Crippen LogP contribution >= 0.6 is 0 Å². The Morgan fingerprint density at radius 1 is 1.00 bits per heavy atom. The molecule has 1 heterocycles. The van der Waals surface area contributed by atoms with Crippen LogP contribution in [-0.2, 0) is 20.2 Å². The summed E-state index contributed by atoms with van der Waals surface area (Å²) in [5, 5.41) is 15.0. The van der Waals surface area contributed by atoms with Gasteiger partial charge in [0.2, 0.25) is 10.3 Å². The summed E-state index contributed by atoms with van der Waals surface area (Å²) < 4.78 is 76.0. The van der Waals surface area contributed by atoms with Crippen LogP contribution in [0, 0.1) is 0 Å². The van der Waals surface area contributed by atoms with Gasteiger partial charge in [-0.3, -0.25) is 20.2 Å². The zero-order chi connectivity index (χ0) is 27.4. The lowest BCUT2D eigenvalue weighted by molar-refractivity contribution is -0.176. The third-order valence-electron chi connectivity index (χ3n) is 5.45. The highest BCUT2D eigenvalue weighted by molar-refractivity contribution is 7.86. The van der Waals surface area contributed by atoms with Gasteiger partial charge >= 0.3 is 16.1 Å². The van der Waals surface area contributed by atoms with E-state index in [0.717, 1.165) is 18.2 Å². The van der Waals surface area contributed by atoms with E-state index >= 15 is 0 Å². The molecule has 2 aromatic carbocycles. The number of hydrogen-bond acceptors (Lipinski definition) is 10. The number of nitrogens with one attached hydrogen (secondary N) is 1. The van der Waals surface area contributed by atoms with Gasteiger partial charge in [0.15, 0.2) is 11.3 Å². The van der Waals surface area contributed by atoms with E-state index in [1.807, 2.05) is 5.43 Å². The van der Waals surface area contributed by atoms with Crippen LogP contribution in [0.25, 0.3) is 33.4 Å². The van der Waals surface area contributed by atoms with Gasteiger partial charge in [0.25, 0.3) is 5.91 Å². The van der Waals surface area contributed by atoms with Crippen LogP contribution in [-0.4, -0.2) is 42.9 Å². The fourth-order valence-corrected chi connectivity index (χ4v) is 5.46. The number of carbonyl (C=O) groups is 2. The maximum absolute atomic E-state index is 12.2. The van der Waals surface area contributed by atoms with Gasteiger partial charge in [-0.2, -0.15) is 8.42 Å². The lowest BCUT2D eigenvalue weighted by Crippen LogP contribution is -2.47. The quantitative estimate of drug-likeness (QED) is 0.0433. The summed E-state index contributed by atoms with van der Waals surface area (Å²) >= 11 is 0. The van der Waals surface area contributed by atoms with Crippen molar-refractivity contribution in [1.82, 2.24) is 5.43 Å². The van der Waals surface area contributed by atoms with Crippen LogP contribution in [0.3, 0.4) is 0 Å². The normalized spacial score (nSPS) is 12.1. The molecule has 0 spiro atoms. The summed E-state index contributed by atoms with van der Waals surface area (Å²) in [4.78, 5) is 22.2. The van der Waals surface area contributed by atoms with E-state index in [1.165, 1.54) is 24.3 Å². The molecule has 1 aliphatic carbocycles. The molecule has 0 saturated heterocycles. The Bertz CT molecular complexity index is 1900. The first-order valence-corrected chi connectivity index (χ1v) is 12.7. The fourth-order valence-electron chi connectivity index (χ4n) is 3.98. The number of anilines is 1. The Morgan fingerprint density at radius 3 is 2.22 bits per heavy atom. The second-order valence-electron chi connectivity index (χ2n) is 7.67. The Labute approximate surface area is 207 Å². The Balaban J connectivity index is 2.34. The monoisotopic (exact) mass is 548 g/mol. The Morgan fingerprint density at radius 2 is 1.65 bits per heavy atom. The molecule has 192 valence electrons. The number of carboxylic acids is 1. The smallest absolute Gasteiger partial charge is 0.336 e. The van der Waals surface area contributed by atoms with E-state index in [-0.39, 0.29) is 27.6 Å². The molecule has 9 N–H and O–H groups in total. The maximum atomic E-state index is 12.2. The van der Waals surface area contributed by atoms with Gasteiger partial charge in [0.05, 0.1) is 11.3 Å². The van der Waals surface area contributed by atoms with Gasteiger partial charge in [0.1, 0.15) is 15.0 Å². The van der Waals surface area contributed by atoms with Crippen molar-refractivity contribution in [2.24, 2.45) is 5.84 Å². The predicted octanol–water partition coefficient (Wildman–Crippen LogP) is -1.10. The molecule has 0 atom stereocenters. The summed E-state index contributed by atoms with van der Waals surface area (Å²) in [7, 11) is -10.4. The highest BCUT2D eigenvalue weighted by Crippen LogP contribution is 2.45. The molecule has 37 heavy (non-hydrogen) atoms. The summed E-state index contributed by atoms with van der Waals surface area (Å²) in [6.07, 6.45) is 0. The van der Waals surface area contributed by atoms with E-state index in [2.05, 4.69) is 0 Å². The molecule has 16 heteroatoms. The van der Waals surface area contributed by atoms with E-state index in [1.54, 1.807) is 0 Å². The number of fused-ring (bicyclic) bond motifs is 2. The number of carbonyl (C=O) groups excluding carboxylic acids is 1. The van der Waals surface area contributed by atoms with Crippen LogP contribution in [0.4, 0.5) is 5.69 Å². The number of rotatable bonds is 5. The molecule has 4 rings (SSSR count). The molecule has 0 radical (unpaired) electrons. The van der Waals surface area contributed by atoms with Gasteiger partial charge < -0.3 is 19.8 Å². The molecular weight excluding hydrogens is 532 g/mol. The van der Waals surface area contributed by atoms with Gasteiger partial charge in [-0.1, -0.05) is 6.07 Å². The van der Waals surface area contributed by atoms with Crippen LogP contribution in [0.15, 0.2) is 56.7 Å². The van der Waals surface area contributed by atoms with E-state index in [0.29, 0.717) is 0 Å². The number of hydrogen-bond donors (Lipinski definition) is 6. The van der Waals surface area contributed by atoms with Crippen molar-refractivity contribution in [2.75, 3.05) is 5.73 Å². The van der Waals surface area contributed by atoms with Gasteiger partial charge in [-0.05, 0) is 35.9 Å². The largest absolute Gasteiger partial charge is 0.744 e. The fraction of sp³-hybridized carbons (Fsp3) is 0. The van der Waals surface area contributed by atoms with Crippen LogP contribution in [0.1, 0.15) is 20.7 Å². The Hall–Kier alpha value is -4.35. The molecule has 0 unspecified atom stereocenters. The molecule has 2 aliphatic rings. The average molecular weight is 549 g/mol. The van der Waals surface area contributed by atoms with Crippen molar-refractivity contribution in [3.63, 3.8) is 0 Å². The lowest BCUT2D eigenvalue weighted by atomic mass is 9.89. The SMILES string of the molecule is NNC(=O)c1ccc(-c2c3ccc(=[NH2+])c(S(=O)(=O)O)c-3oc3c(S(=O)(=O)[O-])c(N)ccc23)c(C(=O)O)c1. The van der Waals surface area contributed by atoms with E-state index in [4.69, 9.17) is 21.4 Å². The summed E-state index contributed by atoms with van der Waals surface area (Å²) in [5.41, 5.74) is 5.30. The van der Waals surface area contributed by atoms with Crippen LogP contribution < -0.4 is 27.8 Å². The minimum absolute atomic E-state index is 0.122. The molecule has 0 bridgehead atoms. The number of benzene rings is 3. The number of aromatic carboxylic acids is 1. The molecule has 1 aliphatic heterocycles. The summed E-state index contributed by atoms with van der Waals surface area (Å²) in [5.74, 6) is 2.10. The van der Waals surface area contributed by atoms with Crippen molar-refractivity contribution < 1.29 is 50.5 Å². The zero-order valence-electron chi connectivity index (χ0n) is 18.3. The zero-order valence-corrected chi connectivity index (χ0v) is 19.9. The number of nitrogen functional groups attached to an aromatic ring is 2. The molecular formula is C21H16N4O10S2. The third kappa shape index (κ3) is 4.28. The van der Waals surface area contributed by atoms with Crippen molar-refractivity contribution in [2.45, 2.75) is 9.79 Å². The molecule has 14 nitrogen and oxygen atoms in total. The summed E-state index contributed by atoms with van der Waals surface area (Å²) in [6.45, 7) is 0. The molecule has 0 saturated carbocycles. The first-order valence-electron chi connectivity index (χ1n) is 9.89. The van der Waals surface area contributed by atoms with E-state index in [9.17, 15) is 40.6 Å². The van der Waals surface area contributed by atoms with Crippen LogP contribution in [0.2, 0.25) is 0 Å².